The Balaban J connectivity index is 1.95. The van der Waals surface area contributed by atoms with Crippen molar-refractivity contribution < 1.29 is 0 Å². The third-order valence-corrected chi connectivity index (χ3v) is 3.23. The summed E-state index contributed by atoms with van der Waals surface area (Å²) >= 11 is 0. The molecule has 1 aliphatic rings. The van der Waals surface area contributed by atoms with Crippen LogP contribution in [0.15, 0.2) is 12.4 Å². The van der Waals surface area contributed by atoms with Crippen molar-refractivity contribution in [3.05, 3.63) is 18.1 Å². The molecule has 0 unspecified atom stereocenters. The highest BCUT2D eigenvalue weighted by Gasteiger charge is 2.22. The number of hydrogen-bond acceptors (Lipinski definition) is 4. The molecule has 0 saturated heterocycles. The van der Waals surface area contributed by atoms with E-state index in [1.807, 2.05) is 12.4 Å². The SMILES string of the molecule is CCNCc1cnc(N(C)C2CCC2)cn1. The molecule has 0 bridgehead atoms. The maximum atomic E-state index is 4.46. The average Bonchev–Trinajstić information content (AvgIpc) is 2.24. The van der Waals surface area contributed by atoms with Crippen LogP contribution >= 0.6 is 0 Å². The zero-order valence-corrected chi connectivity index (χ0v) is 10.1. The number of aromatic nitrogens is 2. The summed E-state index contributed by atoms with van der Waals surface area (Å²) in [5, 5.41) is 3.24. The van der Waals surface area contributed by atoms with Gasteiger partial charge in [0.1, 0.15) is 5.82 Å². The molecular weight excluding hydrogens is 200 g/mol. The van der Waals surface area contributed by atoms with Gasteiger partial charge in [-0.15, -0.1) is 0 Å². The van der Waals surface area contributed by atoms with E-state index in [0.29, 0.717) is 6.04 Å². The first-order valence-electron chi connectivity index (χ1n) is 6.05. The van der Waals surface area contributed by atoms with Gasteiger partial charge in [0.05, 0.1) is 18.1 Å². The van der Waals surface area contributed by atoms with Gasteiger partial charge in [-0.05, 0) is 25.8 Å². The van der Waals surface area contributed by atoms with Crippen molar-refractivity contribution >= 4 is 5.82 Å². The van der Waals surface area contributed by atoms with Gasteiger partial charge in [-0.2, -0.15) is 0 Å². The predicted molar refractivity (Wildman–Crippen MR) is 65.5 cm³/mol. The van der Waals surface area contributed by atoms with Crippen molar-refractivity contribution in [1.29, 1.82) is 0 Å². The highest BCUT2D eigenvalue weighted by Crippen LogP contribution is 2.26. The quantitative estimate of drug-likeness (QED) is 0.818. The predicted octanol–water partition coefficient (Wildman–Crippen LogP) is 1.57. The number of rotatable bonds is 5. The van der Waals surface area contributed by atoms with Gasteiger partial charge < -0.3 is 10.2 Å². The van der Waals surface area contributed by atoms with E-state index < -0.39 is 0 Å². The summed E-state index contributed by atoms with van der Waals surface area (Å²) in [5.74, 6) is 0.991. The first kappa shape index (κ1) is 11.3. The Bertz CT molecular complexity index is 318. The van der Waals surface area contributed by atoms with Crippen LogP contribution in [0.25, 0.3) is 0 Å². The average molecular weight is 220 g/mol. The van der Waals surface area contributed by atoms with Crippen LogP contribution in [-0.2, 0) is 6.54 Å². The van der Waals surface area contributed by atoms with Crippen LogP contribution in [0.3, 0.4) is 0 Å². The van der Waals surface area contributed by atoms with Crippen molar-refractivity contribution in [3.8, 4) is 0 Å². The molecule has 0 atom stereocenters. The Morgan fingerprint density at radius 1 is 1.38 bits per heavy atom. The van der Waals surface area contributed by atoms with Crippen LogP contribution in [0.4, 0.5) is 5.82 Å². The fourth-order valence-corrected chi connectivity index (χ4v) is 1.84. The minimum absolute atomic E-state index is 0.675. The monoisotopic (exact) mass is 220 g/mol. The Morgan fingerprint density at radius 2 is 2.19 bits per heavy atom. The van der Waals surface area contributed by atoms with Gasteiger partial charge in [0, 0.05) is 19.6 Å². The Labute approximate surface area is 97.1 Å². The van der Waals surface area contributed by atoms with E-state index in [-0.39, 0.29) is 0 Å². The molecule has 1 aliphatic carbocycles. The molecule has 16 heavy (non-hydrogen) atoms. The van der Waals surface area contributed by atoms with Crippen molar-refractivity contribution in [3.63, 3.8) is 0 Å². The number of anilines is 1. The molecule has 1 N–H and O–H groups in total. The molecule has 4 heteroatoms. The fourth-order valence-electron chi connectivity index (χ4n) is 1.84. The Hall–Kier alpha value is -1.16. The van der Waals surface area contributed by atoms with Gasteiger partial charge in [-0.3, -0.25) is 4.98 Å². The highest BCUT2D eigenvalue weighted by molar-refractivity contribution is 5.36. The van der Waals surface area contributed by atoms with Gasteiger partial charge in [0.25, 0.3) is 0 Å². The van der Waals surface area contributed by atoms with Crippen LogP contribution < -0.4 is 10.2 Å². The molecule has 0 amide bonds. The molecule has 1 aromatic heterocycles. The van der Waals surface area contributed by atoms with Crippen LogP contribution in [0, 0.1) is 0 Å². The van der Waals surface area contributed by atoms with Crippen molar-refractivity contribution in [2.24, 2.45) is 0 Å². The number of nitrogens with zero attached hydrogens (tertiary/aromatic N) is 3. The standard InChI is InChI=1S/C12H20N4/c1-3-13-7-10-8-15-12(9-14-10)16(2)11-5-4-6-11/h8-9,11,13H,3-7H2,1-2H3. The van der Waals surface area contributed by atoms with E-state index in [4.69, 9.17) is 0 Å². The lowest BCUT2D eigenvalue weighted by molar-refractivity contribution is 0.399. The van der Waals surface area contributed by atoms with Crippen molar-refractivity contribution in [1.82, 2.24) is 15.3 Å². The molecule has 0 radical (unpaired) electrons. The molecule has 1 heterocycles. The van der Waals surface area contributed by atoms with Crippen LogP contribution in [0.5, 0.6) is 0 Å². The highest BCUT2D eigenvalue weighted by atomic mass is 15.2. The van der Waals surface area contributed by atoms with E-state index in [1.165, 1.54) is 19.3 Å². The first-order chi connectivity index (χ1) is 7.81. The third-order valence-electron chi connectivity index (χ3n) is 3.23. The van der Waals surface area contributed by atoms with Gasteiger partial charge in [-0.25, -0.2) is 4.98 Å². The zero-order valence-electron chi connectivity index (χ0n) is 10.1. The normalized spacial score (nSPS) is 15.9. The van der Waals surface area contributed by atoms with Crippen LogP contribution in [0.2, 0.25) is 0 Å². The second-order valence-corrected chi connectivity index (χ2v) is 4.34. The summed E-state index contributed by atoms with van der Waals surface area (Å²) in [7, 11) is 2.11. The van der Waals surface area contributed by atoms with E-state index in [9.17, 15) is 0 Å². The molecule has 4 nitrogen and oxygen atoms in total. The molecule has 2 rings (SSSR count). The summed E-state index contributed by atoms with van der Waals surface area (Å²) in [6, 6.07) is 0.675. The van der Waals surface area contributed by atoms with E-state index >= 15 is 0 Å². The molecule has 1 saturated carbocycles. The number of hydrogen-bond donors (Lipinski definition) is 1. The van der Waals surface area contributed by atoms with E-state index in [0.717, 1.165) is 24.6 Å². The van der Waals surface area contributed by atoms with Crippen LogP contribution in [0.1, 0.15) is 31.9 Å². The van der Waals surface area contributed by atoms with Crippen molar-refractivity contribution in [2.75, 3.05) is 18.5 Å². The topological polar surface area (TPSA) is 41.1 Å². The molecule has 88 valence electrons. The van der Waals surface area contributed by atoms with Gasteiger partial charge in [-0.1, -0.05) is 6.92 Å². The third kappa shape index (κ3) is 2.50. The summed E-state index contributed by atoms with van der Waals surface area (Å²) in [6.07, 6.45) is 7.67. The lowest BCUT2D eigenvalue weighted by atomic mass is 9.92. The molecule has 1 fully saturated rings. The summed E-state index contributed by atoms with van der Waals surface area (Å²) in [5.41, 5.74) is 1.01. The Kier molecular flexibility index (Phi) is 3.72. The van der Waals surface area contributed by atoms with Gasteiger partial charge >= 0.3 is 0 Å². The van der Waals surface area contributed by atoms with Crippen molar-refractivity contribution in [2.45, 2.75) is 38.8 Å². The largest absolute Gasteiger partial charge is 0.355 e. The van der Waals surface area contributed by atoms with Gasteiger partial charge in [0.15, 0.2) is 0 Å². The summed E-state index contributed by atoms with van der Waals surface area (Å²) in [6.45, 7) is 3.86. The first-order valence-corrected chi connectivity index (χ1v) is 6.05. The maximum Gasteiger partial charge on any atom is 0.147 e. The fraction of sp³-hybridized carbons (Fsp3) is 0.667. The molecule has 1 aromatic rings. The molecule has 0 aromatic carbocycles. The molecule has 0 aliphatic heterocycles. The number of nitrogens with one attached hydrogen (secondary N) is 1. The summed E-state index contributed by atoms with van der Waals surface area (Å²) in [4.78, 5) is 11.1. The van der Waals surface area contributed by atoms with Gasteiger partial charge in [0.2, 0.25) is 0 Å². The second-order valence-electron chi connectivity index (χ2n) is 4.34. The lowest BCUT2D eigenvalue weighted by Crippen LogP contribution is -2.37. The van der Waals surface area contributed by atoms with E-state index in [1.54, 1.807) is 0 Å². The zero-order chi connectivity index (χ0) is 11.4. The summed E-state index contributed by atoms with van der Waals surface area (Å²) < 4.78 is 0. The minimum atomic E-state index is 0.675. The lowest BCUT2D eigenvalue weighted by Gasteiger charge is -2.35. The maximum absolute atomic E-state index is 4.46. The smallest absolute Gasteiger partial charge is 0.147 e. The van der Waals surface area contributed by atoms with E-state index in [2.05, 4.69) is 34.2 Å². The minimum Gasteiger partial charge on any atom is -0.355 e. The Morgan fingerprint density at radius 3 is 2.69 bits per heavy atom. The molecular formula is C12H20N4. The van der Waals surface area contributed by atoms with Crippen LogP contribution in [-0.4, -0.2) is 29.6 Å². The molecule has 0 spiro atoms. The second kappa shape index (κ2) is 5.25.